The minimum Gasteiger partial charge on any atom is -0.404 e. The predicted molar refractivity (Wildman–Crippen MR) is 80.9 cm³/mol. The van der Waals surface area contributed by atoms with E-state index in [-0.39, 0.29) is 11.4 Å². The Labute approximate surface area is 144 Å². The lowest BCUT2D eigenvalue weighted by atomic mass is 10.1. The van der Waals surface area contributed by atoms with E-state index in [1.807, 2.05) is 0 Å². The number of fused-ring (bicyclic) bond motifs is 1. The van der Waals surface area contributed by atoms with Crippen LogP contribution in [0.15, 0.2) is 40.9 Å². The highest BCUT2D eigenvalue weighted by Crippen LogP contribution is 2.44. The van der Waals surface area contributed by atoms with Crippen LogP contribution in [0.2, 0.25) is 0 Å². The number of hydrogen-bond donors (Lipinski definition) is 1. The molecule has 0 spiro atoms. The molecule has 3 rings (SSSR count). The normalized spacial score (nSPS) is 12.6. The minimum atomic E-state index is -5.26. The second-order valence-corrected chi connectivity index (χ2v) is 5.84. The van der Waals surface area contributed by atoms with Gasteiger partial charge in [0.15, 0.2) is 5.75 Å². The molecule has 25 heavy (non-hydrogen) atoms. The van der Waals surface area contributed by atoms with Gasteiger partial charge in [0, 0.05) is 5.56 Å². The number of aromatic nitrogens is 2. The number of nitrogens with one attached hydrogen (secondary N) is 1. The molecule has 0 amide bonds. The Morgan fingerprint density at radius 3 is 2.28 bits per heavy atom. The molecule has 0 fully saturated rings. The third-order valence-corrected chi connectivity index (χ3v) is 3.82. The van der Waals surface area contributed by atoms with Crippen molar-refractivity contribution < 1.29 is 31.1 Å². The van der Waals surface area contributed by atoms with Gasteiger partial charge in [-0.25, -0.2) is 4.98 Å². The van der Waals surface area contributed by atoms with E-state index in [9.17, 15) is 26.3 Å². The average Bonchev–Trinajstić information content (AvgIpc) is 2.90. The van der Waals surface area contributed by atoms with Gasteiger partial charge < -0.3 is 9.72 Å². The molecule has 0 unspecified atom stereocenters. The second-order valence-electron chi connectivity index (χ2n) is 4.98. The molecule has 1 heterocycles. The van der Waals surface area contributed by atoms with Crippen molar-refractivity contribution in [3.8, 4) is 17.1 Å². The van der Waals surface area contributed by atoms with Crippen LogP contribution in [0.5, 0.6) is 5.75 Å². The van der Waals surface area contributed by atoms with Gasteiger partial charge in [0.2, 0.25) is 0 Å². The maximum absolute atomic E-state index is 13.2. The molecule has 3 nitrogen and oxygen atoms in total. The van der Waals surface area contributed by atoms with Crippen LogP contribution >= 0.6 is 15.9 Å². The summed E-state index contributed by atoms with van der Waals surface area (Å²) in [6.07, 6.45) is -10.3. The van der Waals surface area contributed by atoms with Crippen molar-refractivity contribution in [2.75, 3.05) is 0 Å². The quantitative estimate of drug-likeness (QED) is 0.519. The highest BCUT2D eigenvalue weighted by atomic mass is 79.9. The van der Waals surface area contributed by atoms with Gasteiger partial charge in [-0.15, -0.1) is 13.2 Å². The number of rotatable bonds is 2. The molecule has 0 bridgehead atoms. The van der Waals surface area contributed by atoms with E-state index in [1.54, 1.807) is 24.3 Å². The highest BCUT2D eigenvalue weighted by Gasteiger charge is 2.41. The minimum absolute atomic E-state index is 0.0371. The number of ether oxygens (including phenoxy) is 1. The zero-order valence-corrected chi connectivity index (χ0v) is 13.6. The fourth-order valence-corrected chi connectivity index (χ4v) is 2.79. The number of nitrogens with zero attached hydrogens (tertiary/aromatic N) is 1. The lowest BCUT2D eigenvalue weighted by Gasteiger charge is -2.17. The Morgan fingerprint density at radius 1 is 1.00 bits per heavy atom. The number of halogens is 7. The summed E-state index contributed by atoms with van der Waals surface area (Å²) >= 11 is 2.72. The summed E-state index contributed by atoms with van der Waals surface area (Å²) in [6, 6.07) is 8.37. The maximum Gasteiger partial charge on any atom is 0.573 e. The van der Waals surface area contributed by atoms with Gasteiger partial charge in [-0.1, -0.05) is 12.1 Å². The first-order valence-corrected chi connectivity index (χ1v) is 7.45. The maximum atomic E-state index is 13.2. The first kappa shape index (κ1) is 17.6. The Bertz CT molecular complexity index is 899. The molecular formula is C15H7BrF6N2O. The zero-order chi connectivity index (χ0) is 18.4. The number of benzene rings is 2. The van der Waals surface area contributed by atoms with Crippen molar-refractivity contribution in [2.45, 2.75) is 12.5 Å². The van der Waals surface area contributed by atoms with Crippen molar-refractivity contribution in [1.29, 1.82) is 0 Å². The first-order valence-electron chi connectivity index (χ1n) is 6.66. The summed E-state index contributed by atoms with van der Waals surface area (Å²) < 4.78 is 79.9. The predicted octanol–water partition coefficient (Wildman–Crippen LogP) is 5.91. The molecule has 0 aliphatic heterocycles. The number of alkyl halides is 6. The zero-order valence-electron chi connectivity index (χ0n) is 12.0. The molecule has 0 saturated carbocycles. The molecule has 0 radical (unpaired) electrons. The third-order valence-electron chi connectivity index (χ3n) is 3.23. The Balaban J connectivity index is 2.17. The molecule has 0 aliphatic rings. The van der Waals surface area contributed by atoms with Crippen molar-refractivity contribution in [1.82, 2.24) is 9.97 Å². The van der Waals surface area contributed by atoms with Crippen LogP contribution in [-0.2, 0) is 6.18 Å². The lowest BCUT2D eigenvalue weighted by Crippen LogP contribution is -2.20. The fraction of sp³-hybridized carbons (Fsp3) is 0.133. The molecule has 10 heteroatoms. The third kappa shape index (κ3) is 3.73. The summed E-state index contributed by atoms with van der Waals surface area (Å²) in [5.74, 6) is -1.26. The summed E-state index contributed by atoms with van der Waals surface area (Å²) in [7, 11) is 0. The Kier molecular flexibility index (Phi) is 4.18. The van der Waals surface area contributed by atoms with E-state index in [1.165, 1.54) is 0 Å². The van der Waals surface area contributed by atoms with E-state index >= 15 is 0 Å². The Morgan fingerprint density at radius 2 is 1.68 bits per heavy atom. The smallest absolute Gasteiger partial charge is 0.404 e. The highest BCUT2D eigenvalue weighted by molar-refractivity contribution is 9.10. The summed E-state index contributed by atoms with van der Waals surface area (Å²) in [5.41, 5.74) is -0.504. The van der Waals surface area contributed by atoms with Crippen LogP contribution in [0.1, 0.15) is 5.56 Å². The molecule has 1 aromatic heterocycles. The molecular weight excluding hydrogens is 418 g/mol. The van der Waals surface area contributed by atoms with Crippen molar-refractivity contribution >= 4 is 27.0 Å². The van der Waals surface area contributed by atoms with Gasteiger partial charge in [0.05, 0.1) is 21.1 Å². The molecule has 0 aliphatic carbocycles. The monoisotopic (exact) mass is 424 g/mol. The second kappa shape index (κ2) is 5.94. The fourth-order valence-electron chi connectivity index (χ4n) is 2.25. The molecule has 132 valence electrons. The van der Waals surface area contributed by atoms with E-state index in [0.29, 0.717) is 17.1 Å². The van der Waals surface area contributed by atoms with Crippen LogP contribution in [0.25, 0.3) is 22.4 Å². The number of para-hydroxylation sites is 2. The first-order chi connectivity index (χ1) is 11.5. The van der Waals surface area contributed by atoms with Gasteiger partial charge in [-0.2, -0.15) is 13.2 Å². The van der Waals surface area contributed by atoms with Crippen LogP contribution < -0.4 is 4.74 Å². The van der Waals surface area contributed by atoms with Crippen molar-refractivity contribution in [3.63, 3.8) is 0 Å². The van der Waals surface area contributed by atoms with E-state index in [0.717, 1.165) is 6.07 Å². The largest absolute Gasteiger partial charge is 0.573 e. The summed E-state index contributed by atoms with van der Waals surface area (Å²) in [5, 5.41) is 0. The summed E-state index contributed by atoms with van der Waals surface area (Å²) in [4.78, 5) is 6.97. The van der Waals surface area contributed by atoms with Gasteiger partial charge in [0.1, 0.15) is 5.82 Å². The van der Waals surface area contributed by atoms with E-state index in [2.05, 4.69) is 30.6 Å². The molecule has 0 saturated heterocycles. The van der Waals surface area contributed by atoms with Gasteiger partial charge >= 0.3 is 12.5 Å². The van der Waals surface area contributed by atoms with Crippen molar-refractivity contribution in [3.05, 3.63) is 46.4 Å². The van der Waals surface area contributed by atoms with E-state index < -0.39 is 28.3 Å². The topological polar surface area (TPSA) is 37.9 Å². The average molecular weight is 425 g/mol. The van der Waals surface area contributed by atoms with Crippen LogP contribution in [0.3, 0.4) is 0 Å². The molecule has 3 aromatic rings. The van der Waals surface area contributed by atoms with Crippen molar-refractivity contribution in [2.24, 2.45) is 0 Å². The number of hydrogen-bond acceptors (Lipinski definition) is 2. The van der Waals surface area contributed by atoms with Gasteiger partial charge in [0.25, 0.3) is 0 Å². The standard InChI is InChI=1S/C15H7BrF6N2O/c16-9-6-7(13-23-10-3-1-2-4-11(10)24-13)5-8(14(17,18)19)12(9)25-15(20,21)22/h1-6H,(H,23,24). The Hall–Kier alpha value is -2.23. The number of aromatic amines is 1. The SMILES string of the molecule is FC(F)(F)Oc1c(Br)cc(-c2nc3ccccc3[nH]2)cc1C(F)(F)F. The number of H-pyrrole nitrogens is 1. The van der Waals surface area contributed by atoms with E-state index in [4.69, 9.17) is 0 Å². The van der Waals surface area contributed by atoms with Gasteiger partial charge in [-0.05, 0) is 40.2 Å². The summed E-state index contributed by atoms with van der Waals surface area (Å²) in [6.45, 7) is 0. The van der Waals surface area contributed by atoms with Crippen LogP contribution in [0, 0.1) is 0 Å². The van der Waals surface area contributed by atoms with Gasteiger partial charge in [-0.3, -0.25) is 0 Å². The molecule has 0 atom stereocenters. The van der Waals surface area contributed by atoms with Crippen LogP contribution in [0.4, 0.5) is 26.3 Å². The van der Waals surface area contributed by atoms with Crippen LogP contribution in [-0.4, -0.2) is 16.3 Å². The lowest BCUT2D eigenvalue weighted by molar-refractivity contribution is -0.276. The molecule has 2 aromatic carbocycles. The number of imidazole rings is 1. The molecule has 1 N–H and O–H groups in total.